The summed E-state index contributed by atoms with van der Waals surface area (Å²) in [5.41, 5.74) is 2.78. The van der Waals surface area contributed by atoms with Gasteiger partial charge in [0.25, 0.3) is 5.69 Å². The van der Waals surface area contributed by atoms with Crippen LogP contribution >= 0.6 is 11.8 Å². The second-order valence-corrected chi connectivity index (χ2v) is 7.82. The minimum atomic E-state index is -0.489. The predicted molar refractivity (Wildman–Crippen MR) is 108 cm³/mol. The summed E-state index contributed by atoms with van der Waals surface area (Å²) in [6.45, 7) is 7.20. The topological polar surface area (TPSA) is 99.3 Å². The van der Waals surface area contributed by atoms with Crippen molar-refractivity contribution in [2.24, 2.45) is 0 Å². The van der Waals surface area contributed by atoms with E-state index in [1.54, 1.807) is 19.1 Å². The minimum Gasteiger partial charge on any atom is -0.376 e. The quantitative estimate of drug-likeness (QED) is 0.430. The van der Waals surface area contributed by atoms with Crippen LogP contribution in [0.25, 0.3) is 0 Å². The Hall–Kier alpha value is -2.39. The molecule has 9 heteroatoms. The highest BCUT2D eigenvalue weighted by atomic mass is 32.2. The van der Waals surface area contributed by atoms with Crippen LogP contribution in [0.15, 0.2) is 23.4 Å². The summed E-state index contributed by atoms with van der Waals surface area (Å²) in [7, 11) is 0. The van der Waals surface area contributed by atoms with E-state index in [9.17, 15) is 14.9 Å². The molecule has 1 saturated heterocycles. The van der Waals surface area contributed by atoms with Crippen molar-refractivity contribution in [3.05, 3.63) is 45.3 Å². The van der Waals surface area contributed by atoms with E-state index in [0.29, 0.717) is 5.56 Å². The molecule has 2 aromatic rings. The van der Waals surface area contributed by atoms with Crippen molar-refractivity contribution in [2.75, 3.05) is 17.7 Å². The van der Waals surface area contributed by atoms with Gasteiger partial charge in [-0.1, -0.05) is 23.9 Å². The molecule has 1 unspecified atom stereocenters. The van der Waals surface area contributed by atoms with Crippen LogP contribution in [-0.4, -0.2) is 38.8 Å². The first-order chi connectivity index (χ1) is 13.4. The van der Waals surface area contributed by atoms with Gasteiger partial charge in [-0.2, -0.15) is 0 Å². The summed E-state index contributed by atoms with van der Waals surface area (Å²) in [4.78, 5) is 27.7. The van der Waals surface area contributed by atoms with Crippen molar-refractivity contribution in [2.45, 2.75) is 51.4 Å². The van der Waals surface area contributed by atoms with Gasteiger partial charge in [0.05, 0.1) is 29.0 Å². The van der Waals surface area contributed by atoms with E-state index in [4.69, 9.17) is 4.74 Å². The third-order valence-corrected chi connectivity index (χ3v) is 5.85. The second-order valence-electron chi connectivity index (χ2n) is 6.87. The first-order valence-corrected chi connectivity index (χ1v) is 10.2. The number of aromatic nitrogens is 2. The van der Waals surface area contributed by atoms with E-state index in [1.807, 2.05) is 13.8 Å². The number of amides is 1. The minimum absolute atomic E-state index is 0.107. The molecule has 1 fully saturated rings. The van der Waals surface area contributed by atoms with Gasteiger partial charge in [-0.25, -0.2) is 4.98 Å². The fraction of sp³-hybridized carbons (Fsp3) is 0.474. The number of nitrogens with zero attached hydrogens (tertiary/aromatic N) is 3. The number of rotatable bonds is 7. The molecule has 8 nitrogen and oxygen atoms in total. The molecule has 1 aliphatic heterocycles. The van der Waals surface area contributed by atoms with E-state index in [2.05, 4.69) is 14.9 Å². The van der Waals surface area contributed by atoms with E-state index in [-0.39, 0.29) is 29.1 Å². The number of benzene rings is 1. The van der Waals surface area contributed by atoms with E-state index < -0.39 is 4.92 Å². The Labute approximate surface area is 167 Å². The van der Waals surface area contributed by atoms with E-state index in [0.717, 1.165) is 42.5 Å². The molecule has 150 valence electrons. The summed E-state index contributed by atoms with van der Waals surface area (Å²) in [6, 6.07) is 4.72. The number of carbonyl (C=O) groups is 1. The van der Waals surface area contributed by atoms with Gasteiger partial charge in [0.1, 0.15) is 5.69 Å². The van der Waals surface area contributed by atoms with Gasteiger partial charge in [0, 0.05) is 18.4 Å². The summed E-state index contributed by atoms with van der Waals surface area (Å²) in [5.74, 6) is -0.184. The molecule has 0 saturated carbocycles. The third kappa shape index (κ3) is 4.53. The van der Waals surface area contributed by atoms with Crippen molar-refractivity contribution in [1.82, 2.24) is 9.55 Å². The number of anilines is 1. The van der Waals surface area contributed by atoms with Crippen LogP contribution < -0.4 is 5.32 Å². The molecule has 1 amide bonds. The van der Waals surface area contributed by atoms with Gasteiger partial charge in [0.15, 0.2) is 5.16 Å². The van der Waals surface area contributed by atoms with E-state index in [1.165, 1.54) is 17.8 Å². The Balaban J connectivity index is 1.69. The number of aryl methyl sites for hydroxylation is 2. The highest BCUT2D eigenvalue weighted by molar-refractivity contribution is 7.99. The molecular formula is C19H24N4O4S. The van der Waals surface area contributed by atoms with Crippen molar-refractivity contribution in [3.8, 4) is 0 Å². The number of carbonyl (C=O) groups excluding carboxylic acids is 1. The lowest BCUT2D eigenvalue weighted by Crippen LogP contribution is -2.18. The van der Waals surface area contributed by atoms with Crippen LogP contribution in [-0.2, 0) is 16.1 Å². The molecule has 0 spiro atoms. The molecule has 28 heavy (non-hydrogen) atoms. The number of nitrogens with one attached hydrogen (secondary N) is 1. The highest BCUT2D eigenvalue weighted by Crippen LogP contribution is 2.29. The van der Waals surface area contributed by atoms with Crippen LogP contribution in [0.4, 0.5) is 11.4 Å². The normalized spacial score (nSPS) is 16.3. The van der Waals surface area contributed by atoms with Crippen molar-refractivity contribution >= 4 is 29.0 Å². The van der Waals surface area contributed by atoms with Crippen LogP contribution in [0.1, 0.15) is 29.8 Å². The summed E-state index contributed by atoms with van der Waals surface area (Å²) < 4.78 is 7.83. The van der Waals surface area contributed by atoms with Crippen molar-refractivity contribution in [3.63, 3.8) is 0 Å². The molecule has 1 N–H and O–H groups in total. The Kier molecular flexibility index (Phi) is 6.35. The van der Waals surface area contributed by atoms with Crippen LogP contribution in [0.3, 0.4) is 0 Å². The number of hydrogen-bond acceptors (Lipinski definition) is 6. The van der Waals surface area contributed by atoms with Crippen molar-refractivity contribution in [1.29, 1.82) is 0 Å². The number of para-hydroxylation sites is 1. The molecule has 0 aliphatic carbocycles. The Morgan fingerprint density at radius 1 is 1.43 bits per heavy atom. The zero-order valence-corrected chi connectivity index (χ0v) is 17.0. The number of ether oxygens (including phenoxy) is 1. The molecule has 0 radical (unpaired) electrons. The SMILES string of the molecule is Cc1cccc([N+](=O)[O-])c1NC(=O)CSc1nc(C)c(C)n1CC1CCCO1. The van der Waals surface area contributed by atoms with Gasteiger partial charge < -0.3 is 14.6 Å². The Morgan fingerprint density at radius 2 is 2.21 bits per heavy atom. The lowest BCUT2D eigenvalue weighted by Gasteiger charge is -2.14. The van der Waals surface area contributed by atoms with Gasteiger partial charge >= 0.3 is 0 Å². The molecule has 3 rings (SSSR count). The van der Waals surface area contributed by atoms with Gasteiger partial charge in [-0.15, -0.1) is 0 Å². The fourth-order valence-electron chi connectivity index (χ4n) is 3.21. The maximum atomic E-state index is 12.4. The maximum Gasteiger partial charge on any atom is 0.293 e. The number of hydrogen-bond donors (Lipinski definition) is 1. The Morgan fingerprint density at radius 3 is 2.89 bits per heavy atom. The highest BCUT2D eigenvalue weighted by Gasteiger charge is 2.22. The number of imidazole rings is 1. The molecule has 0 bridgehead atoms. The second kappa shape index (κ2) is 8.74. The smallest absolute Gasteiger partial charge is 0.293 e. The third-order valence-electron chi connectivity index (χ3n) is 4.88. The first kappa shape index (κ1) is 20.3. The summed E-state index contributed by atoms with van der Waals surface area (Å²) in [5, 5.41) is 14.7. The monoisotopic (exact) mass is 404 g/mol. The van der Waals surface area contributed by atoms with Crippen molar-refractivity contribution < 1.29 is 14.5 Å². The zero-order chi connectivity index (χ0) is 20.3. The predicted octanol–water partition coefficient (Wildman–Crippen LogP) is 3.63. The maximum absolute atomic E-state index is 12.4. The molecule has 2 heterocycles. The fourth-order valence-corrected chi connectivity index (χ4v) is 4.11. The lowest BCUT2D eigenvalue weighted by atomic mass is 10.1. The van der Waals surface area contributed by atoms with Crippen LogP contribution in [0, 0.1) is 30.9 Å². The average Bonchev–Trinajstić information content (AvgIpc) is 3.25. The first-order valence-electron chi connectivity index (χ1n) is 9.18. The number of thioether (sulfide) groups is 1. The average molecular weight is 404 g/mol. The van der Waals surface area contributed by atoms with Gasteiger partial charge in [-0.05, 0) is 39.2 Å². The van der Waals surface area contributed by atoms with Crippen LogP contribution in [0.2, 0.25) is 0 Å². The Bertz CT molecular complexity index is 890. The molecule has 1 aromatic carbocycles. The standard InChI is InChI=1S/C19H24N4O4S/c1-12-6-4-8-16(23(25)26)18(12)21-17(24)11-28-19-20-13(2)14(3)22(19)10-15-7-5-9-27-15/h4,6,8,15H,5,7,9-11H2,1-3H3,(H,21,24). The van der Waals surface area contributed by atoms with E-state index >= 15 is 0 Å². The van der Waals surface area contributed by atoms with Gasteiger partial charge in [-0.3, -0.25) is 14.9 Å². The molecule has 1 aromatic heterocycles. The summed E-state index contributed by atoms with van der Waals surface area (Å²) >= 11 is 1.33. The molecule has 1 aliphatic rings. The molecular weight excluding hydrogens is 380 g/mol. The molecule has 1 atom stereocenters. The number of nitro benzene ring substituents is 1. The zero-order valence-electron chi connectivity index (χ0n) is 16.2. The largest absolute Gasteiger partial charge is 0.376 e. The van der Waals surface area contributed by atoms with Gasteiger partial charge in [0.2, 0.25) is 5.91 Å². The lowest BCUT2D eigenvalue weighted by molar-refractivity contribution is -0.384. The number of nitro groups is 1. The van der Waals surface area contributed by atoms with Crippen LogP contribution in [0.5, 0.6) is 0 Å². The summed E-state index contributed by atoms with van der Waals surface area (Å²) in [6.07, 6.45) is 2.27.